The summed E-state index contributed by atoms with van der Waals surface area (Å²) in [6.07, 6.45) is 1.65. The zero-order valence-corrected chi connectivity index (χ0v) is 11.8. The fourth-order valence-corrected chi connectivity index (χ4v) is 2.09. The summed E-state index contributed by atoms with van der Waals surface area (Å²) in [4.78, 5) is 34.4. The molecule has 2 N–H and O–H groups in total. The maximum Gasteiger partial charge on any atom is 0.330 e. The number of carbonyl (C=O) groups excluding carboxylic acids is 3. The minimum atomic E-state index is -0.547. The molecule has 1 aromatic rings. The Bertz CT molecular complexity index is 556. The van der Waals surface area contributed by atoms with Gasteiger partial charge in [0.1, 0.15) is 18.3 Å². The quantitative estimate of drug-likeness (QED) is 0.612. The fourth-order valence-electron chi connectivity index (χ4n) is 2.09. The molecule has 1 unspecified atom stereocenters. The van der Waals surface area contributed by atoms with Crippen LogP contribution in [0.25, 0.3) is 0 Å². The number of aryl methyl sites for hydroxylation is 1. The molecule has 0 bridgehead atoms. The van der Waals surface area contributed by atoms with Crippen molar-refractivity contribution >= 4 is 17.8 Å². The summed E-state index contributed by atoms with van der Waals surface area (Å²) in [6, 6.07) is 6.69. The van der Waals surface area contributed by atoms with Gasteiger partial charge in [-0.1, -0.05) is 19.1 Å². The van der Waals surface area contributed by atoms with Gasteiger partial charge >= 0.3 is 5.97 Å². The lowest BCUT2D eigenvalue weighted by Crippen LogP contribution is -2.44. The van der Waals surface area contributed by atoms with E-state index in [1.54, 1.807) is 12.1 Å². The first kappa shape index (κ1) is 15.0. The van der Waals surface area contributed by atoms with Gasteiger partial charge in [0.2, 0.25) is 11.8 Å². The molecule has 2 amide bonds. The van der Waals surface area contributed by atoms with Crippen LogP contribution in [0.5, 0.6) is 5.75 Å². The molecule has 0 aliphatic carbocycles. The van der Waals surface area contributed by atoms with Crippen molar-refractivity contribution in [3.8, 4) is 5.75 Å². The zero-order valence-electron chi connectivity index (χ0n) is 11.8. The molecule has 21 heavy (non-hydrogen) atoms. The third kappa shape index (κ3) is 4.30. The van der Waals surface area contributed by atoms with E-state index in [4.69, 9.17) is 4.74 Å². The Morgan fingerprint density at radius 2 is 2.24 bits per heavy atom. The van der Waals surface area contributed by atoms with Crippen LogP contribution in [0, 0.1) is 0 Å². The largest absolute Gasteiger partial charge is 0.425 e. The van der Waals surface area contributed by atoms with Gasteiger partial charge < -0.3 is 15.4 Å². The van der Waals surface area contributed by atoms with E-state index in [0.29, 0.717) is 18.6 Å². The summed E-state index contributed by atoms with van der Waals surface area (Å²) in [5.41, 5.74) is 1.07. The highest BCUT2D eigenvalue weighted by molar-refractivity contribution is 5.92. The first-order valence-electron chi connectivity index (χ1n) is 6.95. The highest BCUT2D eigenvalue weighted by atomic mass is 16.5. The molecule has 0 aromatic heterocycles. The Morgan fingerprint density at radius 1 is 1.43 bits per heavy atom. The van der Waals surface area contributed by atoms with E-state index >= 15 is 0 Å². The summed E-state index contributed by atoms with van der Waals surface area (Å²) in [5, 5.41) is 5.00. The second-order valence-electron chi connectivity index (χ2n) is 4.85. The van der Waals surface area contributed by atoms with Gasteiger partial charge in [-0.3, -0.25) is 9.59 Å². The fraction of sp³-hybridized carbons (Fsp3) is 0.400. The van der Waals surface area contributed by atoms with Gasteiger partial charge in [0.25, 0.3) is 0 Å². The van der Waals surface area contributed by atoms with Crippen molar-refractivity contribution in [2.24, 2.45) is 0 Å². The van der Waals surface area contributed by atoms with Gasteiger partial charge in [-0.2, -0.15) is 0 Å². The van der Waals surface area contributed by atoms with Crippen LogP contribution in [0.1, 0.15) is 25.3 Å². The van der Waals surface area contributed by atoms with Crippen molar-refractivity contribution in [2.45, 2.75) is 32.2 Å². The molecule has 6 heteroatoms. The Hall–Kier alpha value is -2.37. The van der Waals surface area contributed by atoms with Gasteiger partial charge in [-0.05, 0) is 30.5 Å². The van der Waals surface area contributed by atoms with Crippen molar-refractivity contribution in [3.05, 3.63) is 29.8 Å². The minimum Gasteiger partial charge on any atom is -0.425 e. The maximum absolute atomic E-state index is 11.7. The van der Waals surface area contributed by atoms with E-state index in [1.165, 1.54) is 0 Å². The molecule has 0 saturated carbocycles. The normalized spacial score (nSPS) is 17.2. The van der Waals surface area contributed by atoms with Crippen LogP contribution in [-0.2, 0) is 20.8 Å². The Morgan fingerprint density at radius 3 is 2.90 bits per heavy atom. The van der Waals surface area contributed by atoms with E-state index in [2.05, 4.69) is 10.6 Å². The van der Waals surface area contributed by atoms with Gasteiger partial charge in [0.15, 0.2) is 0 Å². The Balaban J connectivity index is 1.79. The summed E-state index contributed by atoms with van der Waals surface area (Å²) >= 11 is 0. The molecule has 0 spiro atoms. The van der Waals surface area contributed by atoms with Crippen LogP contribution in [0.15, 0.2) is 24.3 Å². The first-order chi connectivity index (χ1) is 10.1. The molecule has 1 fully saturated rings. The number of ether oxygens (including phenoxy) is 1. The minimum absolute atomic E-state index is 0.144. The number of nitrogens with one attached hydrogen (secondary N) is 2. The molecule has 1 atom stereocenters. The second-order valence-corrected chi connectivity index (χ2v) is 4.85. The highest BCUT2D eigenvalue weighted by Crippen LogP contribution is 2.13. The number of hydrogen-bond donors (Lipinski definition) is 2. The second kappa shape index (κ2) is 6.88. The molecule has 6 nitrogen and oxygen atoms in total. The van der Waals surface area contributed by atoms with Gasteiger partial charge in [0.05, 0.1) is 0 Å². The standard InChI is InChI=1S/C15H18N2O4/c1-2-10-4-3-5-11(8-10)21-14(19)9-16-15(20)12-6-7-13(18)17-12/h3-5,8,12H,2,6-7,9H2,1H3,(H,16,20)(H,17,18). The average Bonchev–Trinajstić information content (AvgIpc) is 2.91. The third-order valence-electron chi connectivity index (χ3n) is 3.26. The lowest BCUT2D eigenvalue weighted by molar-refractivity contribution is -0.136. The van der Waals surface area contributed by atoms with Crippen LogP contribution in [0.3, 0.4) is 0 Å². The van der Waals surface area contributed by atoms with E-state index in [9.17, 15) is 14.4 Å². The number of hydrogen-bond acceptors (Lipinski definition) is 4. The topological polar surface area (TPSA) is 84.5 Å². The SMILES string of the molecule is CCc1cccc(OC(=O)CNC(=O)C2CCC(=O)N2)c1. The van der Waals surface area contributed by atoms with E-state index in [-0.39, 0.29) is 18.4 Å². The average molecular weight is 290 g/mol. The number of benzene rings is 1. The first-order valence-corrected chi connectivity index (χ1v) is 6.95. The predicted octanol–water partition coefficient (Wildman–Crippen LogP) is 0.549. The van der Waals surface area contributed by atoms with E-state index < -0.39 is 12.0 Å². The molecule has 1 aliphatic rings. The highest BCUT2D eigenvalue weighted by Gasteiger charge is 2.27. The summed E-state index contributed by atoms with van der Waals surface area (Å²) in [7, 11) is 0. The maximum atomic E-state index is 11.7. The summed E-state index contributed by atoms with van der Waals surface area (Å²) in [5.74, 6) is -0.585. The predicted molar refractivity (Wildman–Crippen MR) is 75.6 cm³/mol. The zero-order chi connectivity index (χ0) is 15.2. The van der Waals surface area contributed by atoms with Crippen molar-refractivity contribution in [2.75, 3.05) is 6.54 Å². The molecule has 0 radical (unpaired) electrons. The molecule has 1 heterocycles. The number of carbonyl (C=O) groups is 3. The number of amides is 2. The van der Waals surface area contributed by atoms with Gasteiger partial charge in [0, 0.05) is 6.42 Å². The lowest BCUT2D eigenvalue weighted by Gasteiger charge is -2.10. The van der Waals surface area contributed by atoms with Crippen molar-refractivity contribution in [3.63, 3.8) is 0 Å². The van der Waals surface area contributed by atoms with Crippen LogP contribution in [0.4, 0.5) is 0 Å². The molecular weight excluding hydrogens is 272 g/mol. The van der Waals surface area contributed by atoms with Crippen LogP contribution in [-0.4, -0.2) is 30.4 Å². The number of esters is 1. The molecular formula is C15H18N2O4. The smallest absolute Gasteiger partial charge is 0.330 e. The van der Waals surface area contributed by atoms with E-state index in [1.807, 2.05) is 19.1 Å². The Kier molecular flexibility index (Phi) is 4.92. The van der Waals surface area contributed by atoms with E-state index in [0.717, 1.165) is 12.0 Å². The van der Waals surface area contributed by atoms with Crippen molar-refractivity contribution < 1.29 is 19.1 Å². The van der Waals surface area contributed by atoms with Crippen LogP contribution < -0.4 is 15.4 Å². The monoisotopic (exact) mass is 290 g/mol. The van der Waals surface area contributed by atoms with Crippen LogP contribution >= 0.6 is 0 Å². The van der Waals surface area contributed by atoms with Crippen molar-refractivity contribution in [1.82, 2.24) is 10.6 Å². The molecule has 2 rings (SSSR count). The molecule has 1 saturated heterocycles. The van der Waals surface area contributed by atoms with Gasteiger partial charge in [-0.15, -0.1) is 0 Å². The third-order valence-corrected chi connectivity index (χ3v) is 3.26. The number of rotatable bonds is 5. The summed E-state index contributed by atoms with van der Waals surface area (Å²) in [6.45, 7) is 1.79. The van der Waals surface area contributed by atoms with Gasteiger partial charge in [-0.25, -0.2) is 4.79 Å². The molecule has 1 aromatic carbocycles. The summed E-state index contributed by atoms with van der Waals surface area (Å²) < 4.78 is 5.15. The Labute approximate surface area is 122 Å². The molecule has 1 aliphatic heterocycles. The lowest BCUT2D eigenvalue weighted by atomic mass is 10.2. The van der Waals surface area contributed by atoms with Crippen molar-refractivity contribution in [1.29, 1.82) is 0 Å². The van der Waals surface area contributed by atoms with Crippen LogP contribution in [0.2, 0.25) is 0 Å². The molecule has 112 valence electrons.